The number of pyridine rings is 1. The summed E-state index contributed by atoms with van der Waals surface area (Å²) in [6, 6.07) is 77.0. The Balaban J connectivity index is 1.02. The summed E-state index contributed by atoms with van der Waals surface area (Å²) in [5, 5.41) is 5.00. The Morgan fingerprint density at radius 2 is 0.900 bits per heavy atom. The van der Waals surface area contributed by atoms with Crippen molar-refractivity contribution in [3.05, 3.63) is 225 Å². The van der Waals surface area contributed by atoms with E-state index in [4.69, 9.17) is 4.98 Å². The summed E-state index contributed by atoms with van der Waals surface area (Å²) in [5.41, 5.74) is 18.9. The van der Waals surface area contributed by atoms with Crippen LogP contribution in [-0.4, -0.2) is 9.55 Å². The number of benzene rings is 9. The predicted octanol–water partition coefficient (Wildman–Crippen LogP) is 15.5. The molecule has 0 aliphatic heterocycles. The molecule has 1 aliphatic rings. The Morgan fingerprint density at radius 1 is 0.350 bits per heavy atom. The molecule has 0 unspecified atom stereocenters. The highest BCUT2D eigenvalue weighted by Gasteiger charge is 2.26. The molecule has 0 atom stereocenters. The largest absolute Gasteiger partial charge is 0.311 e. The zero-order valence-corrected chi connectivity index (χ0v) is 32.7. The number of nitrogens with zero attached hydrogens (tertiary/aromatic N) is 3. The Morgan fingerprint density at radius 3 is 1.53 bits per heavy atom. The van der Waals surface area contributed by atoms with Crippen molar-refractivity contribution in [2.45, 2.75) is 0 Å². The van der Waals surface area contributed by atoms with Crippen LogP contribution in [0, 0.1) is 0 Å². The van der Waals surface area contributed by atoms with Gasteiger partial charge in [-0.15, -0.1) is 0 Å². The molecule has 2 heterocycles. The normalized spacial score (nSPS) is 11.7. The third-order valence-corrected chi connectivity index (χ3v) is 12.2. The van der Waals surface area contributed by atoms with Crippen LogP contribution < -0.4 is 4.90 Å². The van der Waals surface area contributed by atoms with E-state index < -0.39 is 0 Å². The molecule has 3 heteroatoms. The summed E-state index contributed by atoms with van der Waals surface area (Å²) in [4.78, 5) is 7.07. The first-order valence-electron chi connectivity index (χ1n) is 20.5. The zero-order valence-electron chi connectivity index (χ0n) is 32.7. The van der Waals surface area contributed by atoms with Crippen molar-refractivity contribution >= 4 is 49.6 Å². The van der Waals surface area contributed by atoms with Gasteiger partial charge in [0.1, 0.15) is 0 Å². The summed E-state index contributed by atoms with van der Waals surface area (Å²) in [5.74, 6) is 0. The third kappa shape index (κ3) is 5.40. The molecular weight excluding hydrogens is 727 g/mol. The maximum atomic E-state index is 4.72. The maximum Gasteiger partial charge on any atom is 0.0547 e. The predicted molar refractivity (Wildman–Crippen MR) is 252 cm³/mol. The smallest absolute Gasteiger partial charge is 0.0547 e. The number of hydrogen-bond acceptors (Lipinski definition) is 2. The third-order valence-electron chi connectivity index (χ3n) is 12.2. The van der Waals surface area contributed by atoms with Crippen LogP contribution in [-0.2, 0) is 0 Å². The van der Waals surface area contributed by atoms with Crippen molar-refractivity contribution in [2.75, 3.05) is 4.90 Å². The van der Waals surface area contributed by atoms with E-state index in [2.05, 4.69) is 228 Å². The first-order chi connectivity index (χ1) is 29.8. The molecule has 0 N–H and O–H groups in total. The van der Waals surface area contributed by atoms with Crippen molar-refractivity contribution in [3.63, 3.8) is 0 Å². The molecule has 9 aromatic carbocycles. The summed E-state index contributed by atoms with van der Waals surface area (Å²) in [6.45, 7) is 0. The van der Waals surface area contributed by atoms with Gasteiger partial charge < -0.3 is 9.47 Å². The zero-order chi connectivity index (χ0) is 39.6. The Hall–Kier alpha value is -8.01. The lowest BCUT2D eigenvalue weighted by Gasteiger charge is -2.26. The van der Waals surface area contributed by atoms with E-state index in [1.165, 1.54) is 82.6 Å². The van der Waals surface area contributed by atoms with Crippen LogP contribution in [0.1, 0.15) is 0 Å². The highest BCUT2D eigenvalue weighted by molar-refractivity contribution is 6.23. The van der Waals surface area contributed by atoms with Gasteiger partial charge in [0.25, 0.3) is 0 Å². The fourth-order valence-electron chi connectivity index (χ4n) is 9.53. The summed E-state index contributed by atoms with van der Waals surface area (Å²) in [6.07, 6.45) is 3.99. The molecule has 0 spiro atoms. The number of hydrogen-bond donors (Lipinski definition) is 0. The first kappa shape index (κ1) is 34.1. The second-order valence-corrected chi connectivity index (χ2v) is 15.5. The molecule has 11 aromatic rings. The van der Waals surface area contributed by atoms with Gasteiger partial charge in [-0.3, -0.25) is 4.98 Å². The van der Waals surface area contributed by atoms with Crippen LogP contribution in [0.5, 0.6) is 0 Å². The van der Waals surface area contributed by atoms with E-state index in [0.29, 0.717) is 0 Å². The van der Waals surface area contributed by atoms with E-state index in [1.807, 2.05) is 6.20 Å². The van der Waals surface area contributed by atoms with E-state index in [0.717, 1.165) is 28.3 Å². The first-order valence-corrected chi connectivity index (χ1v) is 20.5. The van der Waals surface area contributed by atoms with Crippen LogP contribution in [0.4, 0.5) is 17.1 Å². The number of fused-ring (bicyclic) bond motifs is 9. The fourth-order valence-corrected chi connectivity index (χ4v) is 9.53. The van der Waals surface area contributed by atoms with Crippen molar-refractivity contribution in [2.24, 2.45) is 0 Å². The molecule has 2 aromatic heterocycles. The molecule has 3 nitrogen and oxygen atoms in total. The highest BCUT2D eigenvalue weighted by Crippen LogP contribution is 2.51. The standard InChI is InChI=1S/C57H37N3/c1-3-11-38(12-4-1)40-21-25-43(26-22-40)59(44-27-23-41(24-28-44)39-13-5-2-6-14-39)45-29-31-46(32-30-45)60-53-20-8-7-17-51(53)57-54(60)34-33-50-49-19-10-16-42-15-9-18-48(55(42)49)47-35-36-58-37-52(47)56(50)57/h1-37H. The van der Waals surface area contributed by atoms with Crippen molar-refractivity contribution in [1.29, 1.82) is 0 Å². The lowest BCUT2D eigenvalue weighted by atomic mass is 9.91. The van der Waals surface area contributed by atoms with E-state index >= 15 is 0 Å². The molecule has 1 aliphatic carbocycles. The van der Waals surface area contributed by atoms with Gasteiger partial charge in [-0.05, 0) is 122 Å². The molecular formula is C57H37N3. The highest BCUT2D eigenvalue weighted by atomic mass is 15.1. The van der Waals surface area contributed by atoms with Gasteiger partial charge in [0.2, 0.25) is 0 Å². The van der Waals surface area contributed by atoms with E-state index in [9.17, 15) is 0 Å². The SMILES string of the molecule is c1ccc(-c2ccc(N(c3ccc(-c4ccccc4)cc3)c3ccc(-n4c5ccccc5c5c6c(ccc54)-c4cccc5cccc(c45)-c4ccncc4-6)cc3)cc2)cc1. The van der Waals surface area contributed by atoms with Crippen LogP contribution >= 0.6 is 0 Å². The average molecular weight is 764 g/mol. The van der Waals surface area contributed by atoms with Gasteiger partial charge in [0.05, 0.1) is 11.0 Å². The fraction of sp³-hybridized carbons (Fsp3) is 0. The monoisotopic (exact) mass is 763 g/mol. The van der Waals surface area contributed by atoms with Crippen molar-refractivity contribution in [3.8, 4) is 61.3 Å². The second-order valence-electron chi connectivity index (χ2n) is 15.5. The van der Waals surface area contributed by atoms with Gasteiger partial charge >= 0.3 is 0 Å². The van der Waals surface area contributed by atoms with E-state index in [1.54, 1.807) is 0 Å². The minimum Gasteiger partial charge on any atom is -0.311 e. The van der Waals surface area contributed by atoms with Crippen LogP contribution in [0.15, 0.2) is 225 Å². The molecule has 12 rings (SSSR count). The Bertz CT molecular complexity index is 3300. The molecule has 0 saturated carbocycles. The topological polar surface area (TPSA) is 21.1 Å². The molecule has 60 heavy (non-hydrogen) atoms. The van der Waals surface area contributed by atoms with Gasteiger partial charge in [0.15, 0.2) is 0 Å². The Kier molecular flexibility index (Phi) is 7.85. The number of aromatic nitrogens is 2. The van der Waals surface area contributed by atoms with E-state index in [-0.39, 0.29) is 0 Å². The molecule has 0 radical (unpaired) electrons. The number of anilines is 3. The second kappa shape index (κ2) is 13.8. The van der Waals surface area contributed by atoms with Crippen molar-refractivity contribution in [1.82, 2.24) is 9.55 Å². The van der Waals surface area contributed by atoms with Gasteiger partial charge in [0, 0.05) is 57.0 Å². The molecule has 0 saturated heterocycles. The average Bonchev–Trinajstić information content (AvgIpc) is 3.60. The molecule has 0 fully saturated rings. The van der Waals surface area contributed by atoms with Gasteiger partial charge in [-0.1, -0.05) is 146 Å². The van der Waals surface area contributed by atoms with Gasteiger partial charge in [-0.2, -0.15) is 0 Å². The molecule has 0 bridgehead atoms. The quantitative estimate of drug-likeness (QED) is 0.168. The number of rotatable bonds is 6. The minimum atomic E-state index is 1.08. The van der Waals surface area contributed by atoms with Crippen LogP contribution in [0.3, 0.4) is 0 Å². The van der Waals surface area contributed by atoms with Crippen molar-refractivity contribution < 1.29 is 0 Å². The maximum absolute atomic E-state index is 4.72. The lowest BCUT2D eigenvalue weighted by molar-refractivity contribution is 1.17. The summed E-state index contributed by atoms with van der Waals surface area (Å²) < 4.78 is 2.43. The van der Waals surface area contributed by atoms with Crippen LogP contribution in [0.2, 0.25) is 0 Å². The molecule has 0 amide bonds. The van der Waals surface area contributed by atoms with Crippen LogP contribution in [0.25, 0.3) is 93.9 Å². The number of para-hydroxylation sites is 1. The summed E-state index contributed by atoms with van der Waals surface area (Å²) in [7, 11) is 0. The minimum absolute atomic E-state index is 1.08. The lowest BCUT2D eigenvalue weighted by Crippen LogP contribution is -2.10. The van der Waals surface area contributed by atoms with Gasteiger partial charge in [-0.25, -0.2) is 0 Å². The summed E-state index contributed by atoms with van der Waals surface area (Å²) >= 11 is 0. The molecule has 280 valence electrons. The Labute approximate surface area is 348 Å².